The van der Waals surface area contributed by atoms with E-state index in [1.165, 1.54) is 6.92 Å². The number of nitrogens with zero attached hydrogens (tertiary/aromatic N) is 1. The molecule has 1 aliphatic heterocycles. The minimum Gasteiger partial charge on any atom is -0.389 e. The maximum Gasteiger partial charge on any atom is 0.255 e. The van der Waals surface area contributed by atoms with Gasteiger partial charge in [-0.15, -0.1) is 0 Å². The molecule has 1 amide bonds. The molecule has 2 N–H and O–H groups in total. The van der Waals surface area contributed by atoms with E-state index in [-0.39, 0.29) is 44.0 Å². The molecule has 1 atom stereocenters. The highest BCUT2D eigenvalue weighted by molar-refractivity contribution is 7.89. The van der Waals surface area contributed by atoms with Gasteiger partial charge < -0.3 is 15.2 Å². The number of aliphatic hydroxyl groups is 1. The van der Waals surface area contributed by atoms with E-state index < -0.39 is 43.9 Å². The smallest absolute Gasteiger partial charge is 0.255 e. The van der Waals surface area contributed by atoms with Crippen molar-refractivity contribution >= 4 is 21.6 Å². The van der Waals surface area contributed by atoms with E-state index in [1.54, 1.807) is 0 Å². The lowest BCUT2D eigenvalue weighted by atomic mass is 10.0. The topological polar surface area (TPSA) is 95.9 Å². The van der Waals surface area contributed by atoms with Crippen LogP contribution in [0.2, 0.25) is 0 Å². The number of halogens is 3. The molecule has 11 heteroatoms. The van der Waals surface area contributed by atoms with Crippen molar-refractivity contribution < 1.29 is 36.2 Å². The molecule has 0 bridgehead atoms. The van der Waals surface area contributed by atoms with Gasteiger partial charge in [0.1, 0.15) is 10.7 Å². The van der Waals surface area contributed by atoms with Crippen LogP contribution in [0.25, 0.3) is 0 Å². The fraction of sp³-hybridized carbons (Fsp3) is 0.350. The molecule has 3 rings (SSSR count). The Balaban J connectivity index is 1.90. The van der Waals surface area contributed by atoms with E-state index in [1.807, 2.05) is 0 Å². The van der Waals surface area contributed by atoms with Crippen LogP contribution in [0.3, 0.4) is 0 Å². The van der Waals surface area contributed by atoms with Crippen molar-refractivity contribution in [3.63, 3.8) is 0 Å². The number of amides is 1. The first-order valence-corrected chi connectivity index (χ1v) is 10.8. The molecule has 0 aliphatic carbocycles. The molecule has 31 heavy (non-hydrogen) atoms. The Labute approximate surface area is 177 Å². The number of β-amino-alcohol motifs (C(OH)–C–C–N with tert-alkyl or cyclic N) is 1. The molecule has 1 aliphatic rings. The minimum absolute atomic E-state index is 0.0606. The van der Waals surface area contributed by atoms with Crippen LogP contribution in [0.15, 0.2) is 41.3 Å². The highest BCUT2D eigenvalue weighted by atomic mass is 32.2. The SMILES string of the molecule is CC1(O)CCOCCN(S(=O)(=O)c2cc(C(=O)Nc3ccc(F)c(F)c3)ccc2F)C1. The second-order valence-electron chi connectivity index (χ2n) is 7.43. The van der Waals surface area contributed by atoms with Gasteiger partial charge in [0, 0.05) is 43.4 Å². The first-order chi connectivity index (χ1) is 14.5. The maximum atomic E-state index is 14.5. The molecule has 1 unspecified atom stereocenters. The summed E-state index contributed by atoms with van der Waals surface area (Å²) in [5.74, 6) is -4.19. The molecule has 0 saturated carbocycles. The zero-order valence-corrected chi connectivity index (χ0v) is 17.4. The monoisotopic (exact) mass is 458 g/mol. The van der Waals surface area contributed by atoms with Crippen LogP contribution in [0.1, 0.15) is 23.7 Å². The molecular weight excluding hydrogens is 437 g/mol. The van der Waals surface area contributed by atoms with Gasteiger partial charge in [-0.1, -0.05) is 0 Å². The van der Waals surface area contributed by atoms with E-state index in [9.17, 15) is 31.5 Å². The second-order valence-corrected chi connectivity index (χ2v) is 9.33. The predicted molar refractivity (Wildman–Crippen MR) is 106 cm³/mol. The molecule has 1 fully saturated rings. The Bertz CT molecular complexity index is 1090. The third-order valence-electron chi connectivity index (χ3n) is 4.78. The van der Waals surface area contributed by atoms with Crippen LogP contribution < -0.4 is 5.32 Å². The first-order valence-electron chi connectivity index (χ1n) is 9.36. The van der Waals surface area contributed by atoms with E-state index in [2.05, 4.69) is 5.32 Å². The van der Waals surface area contributed by atoms with Crippen molar-refractivity contribution in [1.82, 2.24) is 4.31 Å². The van der Waals surface area contributed by atoms with Crippen LogP contribution in [-0.2, 0) is 14.8 Å². The fourth-order valence-corrected chi connectivity index (χ4v) is 4.69. The van der Waals surface area contributed by atoms with E-state index in [0.717, 1.165) is 40.7 Å². The average Bonchev–Trinajstić information content (AvgIpc) is 2.68. The number of anilines is 1. The van der Waals surface area contributed by atoms with Crippen LogP contribution in [0.4, 0.5) is 18.9 Å². The molecule has 0 aromatic heterocycles. The number of sulfonamides is 1. The summed E-state index contributed by atoms with van der Waals surface area (Å²) < 4.78 is 73.2. The van der Waals surface area contributed by atoms with Gasteiger partial charge in [0.2, 0.25) is 10.0 Å². The number of benzene rings is 2. The lowest BCUT2D eigenvalue weighted by Gasteiger charge is -2.33. The number of nitrogens with one attached hydrogen (secondary N) is 1. The summed E-state index contributed by atoms with van der Waals surface area (Å²) in [6, 6.07) is 5.45. The predicted octanol–water partition coefficient (Wildman–Crippen LogP) is 2.52. The van der Waals surface area contributed by atoms with Crippen LogP contribution in [0, 0.1) is 17.5 Å². The summed E-state index contributed by atoms with van der Waals surface area (Å²) in [6.45, 7) is 1.39. The molecule has 1 heterocycles. The summed E-state index contributed by atoms with van der Waals surface area (Å²) in [7, 11) is -4.42. The third kappa shape index (κ3) is 5.42. The van der Waals surface area contributed by atoms with Crippen molar-refractivity contribution in [2.24, 2.45) is 0 Å². The number of ether oxygens (including phenoxy) is 1. The Morgan fingerprint density at radius 1 is 1.10 bits per heavy atom. The van der Waals surface area contributed by atoms with Gasteiger partial charge in [0.25, 0.3) is 5.91 Å². The van der Waals surface area contributed by atoms with Crippen molar-refractivity contribution in [1.29, 1.82) is 0 Å². The summed E-state index contributed by atoms with van der Waals surface area (Å²) in [4.78, 5) is 11.7. The van der Waals surface area contributed by atoms with E-state index >= 15 is 0 Å². The minimum atomic E-state index is -4.42. The van der Waals surface area contributed by atoms with Gasteiger partial charge in [0.05, 0.1) is 12.2 Å². The second kappa shape index (κ2) is 8.95. The number of hydrogen-bond acceptors (Lipinski definition) is 5. The zero-order chi connectivity index (χ0) is 22.8. The highest BCUT2D eigenvalue weighted by Crippen LogP contribution is 2.25. The van der Waals surface area contributed by atoms with Gasteiger partial charge >= 0.3 is 0 Å². The Morgan fingerprint density at radius 3 is 2.52 bits per heavy atom. The van der Waals surface area contributed by atoms with Crippen LogP contribution >= 0.6 is 0 Å². The normalized spacial score (nSPS) is 20.7. The first kappa shape index (κ1) is 23.2. The lowest BCUT2D eigenvalue weighted by molar-refractivity contribution is -0.0199. The quantitative estimate of drug-likeness (QED) is 0.734. The Kier molecular flexibility index (Phi) is 6.70. The number of hydrogen-bond donors (Lipinski definition) is 2. The van der Waals surface area contributed by atoms with Gasteiger partial charge in [0.15, 0.2) is 11.6 Å². The summed E-state index contributed by atoms with van der Waals surface area (Å²) in [5.41, 5.74) is -1.65. The molecular formula is C20H21F3N2O5S. The van der Waals surface area contributed by atoms with Crippen molar-refractivity contribution in [2.45, 2.75) is 23.8 Å². The number of rotatable bonds is 4. The van der Waals surface area contributed by atoms with E-state index in [0.29, 0.717) is 0 Å². The maximum absolute atomic E-state index is 14.5. The number of carbonyl (C=O) groups excluding carboxylic acids is 1. The highest BCUT2D eigenvalue weighted by Gasteiger charge is 2.35. The summed E-state index contributed by atoms with van der Waals surface area (Å²) in [5, 5.41) is 12.7. The summed E-state index contributed by atoms with van der Waals surface area (Å²) in [6.07, 6.45) is 0.193. The van der Waals surface area contributed by atoms with Crippen molar-refractivity contribution in [3.05, 3.63) is 59.4 Å². The largest absolute Gasteiger partial charge is 0.389 e. The van der Waals surface area contributed by atoms with Gasteiger partial charge in [-0.25, -0.2) is 21.6 Å². The fourth-order valence-electron chi connectivity index (χ4n) is 3.06. The van der Waals surface area contributed by atoms with Crippen molar-refractivity contribution in [3.8, 4) is 0 Å². The zero-order valence-electron chi connectivity index (χ0n) is 16.6. The van der Waals surface area contributed by atoms with E-state index in [4.69, 9.17) is 4.74 Å². The molecule has 1 saturated heterocycles. The average molecular weight is 458 g/mol. The summed E-state index contributed by atoms with van der Waals surface area (Å²) >= 11 is 0. The van der Waals surface area contributed by atoms with Crippen LogP contribution in [0.5, 0.6) is 0 Å². The van der Waals surface area contributed by atoms with Gasteiger partial charge in [-0.2, -0.15) is 4.31 Å². The van der Waals surface area contributed by atoms with Crippen LogP contribution in [-0.4, -0.2) is 55.6 Å². The Morgan fingerprint density at radius 2 is 1.81 bits per heavy atom. The lowest BCUT2D eigenvalue weighted by Crippen LogP contribution is -2.47. The Hall–Kier alpha value is -2.47. The third-order valence-corrected chi connectivity index (χ3v) is 6.64. The van der Waals surface area contributed by atoms with Crippen molar-refractivity contribution in [2.75, 3.05) is 31.6 Å². The molecule has 2 aromatic carbocycles. The molecule has 0 radical (unpaired) electrons. The van der Waals surface area contributed by atoms with Gasteiger partial charge in [-0.05, 0) is 37.3 Å². The number of carbonyl (C=O) groups is 1. The molecule has 168 valence electrons. The molecule has 7 nitrogen and oxygen atoms in total. The molecule has 0 spiro atoms. The standard InChI is InChI=1S/C20H21F3N2O5S/c1-20(27)6-8-30-9-7-25(12-20)31(28,29)18-10-13(2-4-16(18)22)19(26)24-14-3-5-15(21)17(23)11-14/h2-5,10-11,27H,6-9,12H2,1H3,(H,24,26). The molecule has 2 aromatic rings. The van der Waals surface area contributed by atoms with Gasteiger partial charge in [-0.3, -0.25) is 4.79 Å².